The van der Waals surface area contributed by atoms with Gasteiger partial charge in [-0.25, -0.2) is 14.2 Å². The van der Waals surface area contributed by atoms with Gasteiger partial charge < -0.3 is 15.8 Å². The third-order valence-corrected chi connectivity index (χ3v) is 3.32. The van der Waals surface area contributed by atoms with Gasteiger partial charge in [0.05, 0.1) is 18.7 Å². The second kappa shape index (κ2) is 7.40. The molecule has 1 aromatic heterocycles. The number of nitrogens with zero attached hydrogens (tertiary/aromatic N) is 1. The maximum atomic E-state index is 13.2. The summed E-state index contributed by atoms with van der Waals surface area (Å²) in [5, 5.41) is 12.8. The van der Waals surface area contributed by atoms with Crippen LogP contribution in [0.3, 0.4) is 0 Å². The molecule has 2 amide bonds. The molecule has 0 spiro atoms. The van der Waals surface area contributed by atoms with Crippen LogP contribution in [0.1, 0.15) is 28.4 Å². The zero-order valence-corrected chi connectivity index (χ0v) is 13.3. The highest BCUT2D eigenvalue weighted by Gasteiger charge is 2.12. The largest absolute Gasteiger partial charge is 0.481 e. The summed E-state index contributed by atoms with van der Waals surface area (Å²) in [6, 6.07) is 6.51. The highest BCUT2D eigenvalue weighted by molar-refractivity contribution is 5.97. The minimum Gasteiger partial charge on any atom is -0.481 e. The van der Waals surface area contributed by atoms with E-state index < -0.39 is 6.03 Å². The molecule has 132 valence electrons. The normalized spacial score (nSPS) is 11.5. The van der Waals surface area contributed by atoms with Crippen LogP contribution in [0, 0.1) is 11.2 Å². The van der Waals surface area contributed by atoms with Crippen LogP contribution in [0.25, 0.3) is 0 Å². The third-order valence-electron chi connectivity index (χ3n) is 3.32. The number of hydrogen-bond acceptors (Lipinski definition) is 5. The Morgan fingerprint density at radius 3 is 2.83 bits per heavy atom. The van der Waals surface area contributed by atoms with Crippen molar-refractivity contribution in [1.82, 2.24) is 10.3 Å². The van der Waals surface area contributed by atoms with Gasteiger partial charge in [-0.3, -0.25) is 10.7 Å². The molecule has 0 unspecified atom stereocenters. The minimum atomic E-state index is -0.506. The number of nitrogen functional groups attached to an aromatic ring is 1. The fourth-order valence-corrected chi connectivity index (χ4v) is 2.05. The molecule has 0 bridgehead atoms. The van der Waals surface area contributed by atoms with Gasteiger partial charge in [0.1, 0.15) is 11.6 Å². The second-order valence-corrected chi connectivity index (χ2v) is 5.07. The zero-order chi connectivity index (χ0) is 17.7. The van der Waals surface area contributed by atoms with Gasteiger partial charge in [-0.1, -0.05) is 12.1 Å². The number of aromatic nitrogens is 1. The SMILES string of the molecule is COC(=N)c1cnc(NC(=O)N[C@H](C)c2cccc(F)c2)cc1N.[HH].[HH].[HH]. The van der Waals surface area contributed by atoms with Crippen molar-refractivity contribution in [2.45, 2.75) is 13.0 Å². The summed E-state index contributed by atoms with van der Waals surface area (Å²) in [6.45, 7) is 1.74. The summed E-state index contributed by atoms with van der Waals surface area (Å²) in [5.74, 6) is -0.257. The van der Waals surface area contributed by atoms with Crippen molar-refractivity contribution in [3.05, 3.63) is 53.5 Å². The molecule has 0 aliphatic rings. The maximum absolute atomic E-state index is 13.2. The second-order valence-electron chi connectivity index (χ2n) is 5.07. The molecule has 0 saturated carbocycles. The van der Waals surface area contributed by atoms with Crippen LogP contribution < -0.4 is 16.4 Å². The number of anilines is 2. The van der Waals surface area contributed by atoms with Gasteiger partial charge in [-0.2, -0.15) is 0 Å². The van der Waals surface area contributed by atoms with Gasteiger partial charge in [0.15, 0.2) is 0 Å². The van der Waals surface area contributed by atoms with E-state index in [1.54, 1.807) is 19.1 Å². The van der Waals surface area contributed by atoms with E-state index in [0.29, 0.717) is 11.1 Å². The van der Waals surface area contributed by atoms with E-state index in [4.69, 9.17) is 15.9 Å². The lowest BCUT2D eigenvalue weighted by molar-refractivity contribution is 0.249. The standard InChI is InChI=1S/C16H18FN5O2.3H2/c1-9(10-4-3-5-11(17)6-10)21-16(23)22-14-7-13(18)12(8-20-14)15(19)24-2;;;/h3-9,19H,1-2H3,(H4,18,20,21,22,23);3*1H/t9-;;;/m1.../s1. The highest BCUT2D eigenvalue weighted by Crippen LogP contribution is 2.17. The van der Waals surface area contributed by atoms with Crippen LogP contribution in [0.2, 0.25) is 0 Å². The van der Waals surface area contributed by atoms with Crippen molar-refractivity contribution >= 4 is 23.4 Å². The molecule has 2 aromatic rings. The Balaban J connectivity index is 0. The first-order chi connectivity index (χ1) is 11.4. The minimum absolute atomic E-state index is 0. The van der Waals surface area contributed by atoms with E-state index >= 15 is 0 Å². The number of pyridine rings is 1. The summed E-state index contributed by atoms with van der Waals surface area (Å²) in [4.78, 5) is 16.0. The summed E-state index contributed by atoms with van der Waals surface area (Å²) >= 11 is 0. The number of carbonyl (C=O) groups excluding carboxylic acids is 1. The van der Waals surface area contributed by atoms with Crippen molar-refractivity contribution in [3.8, 4) is 0 Å². The molecule has 7 nitrogen and oxygen atoms in total. The molecule has 0 aliphatic heterocycles. The number of halogens is 1. The smallest absolute Gasteiger partial charge is 0.320 e. The number of nitrogens with two attached hydrogens (primary N) is 1. The molecular weight excluding hydrogens is 313 g/mol. The van der Waals surface area contributed by atoms with Crippen LogP contribution in [0.5, 0.6) is 0 Å². The Hall–Kier alpha value is -3.16. The Labute approximate surface area is 143 Å². The third kappa shape index (κ3) is 4.19. The average molecular weight is 337 g/mol. The van der Waals surface area contributed by atoms with Gasteiger partial charge in [-0.05, 0) is 24.6 Å². The first-order valence-electron chi connectivity index (χ1n) is 7.12. The van der Waals surface area contributed by atoms with Crippen molar-refractivity contribution < 1.29 is 18.2 Å². The van der Waals surface area contributed by atoms with Crippen LogP contribution in [-0.4, -0.2) is 24.0 Å². The summed E-state index contributed by atoms with van der Waals surface area (Å²) < 4.78 is 18.0. The quantitative estimate of drug-likeness (QED) is 0.506. The molecule has 1 heterocycles. The molecule has 0 aliphatic carbocycles. The first-order valence-corrected chi connectivity index (χ1v) is 7.12. The number of amides is 2. The topological polar surface area (TPSA) is 113 Å². The van der Waals surface area contributed by atoms with Gasteiger partial charge in [0.2, 0.25) is 5.90 Å². The highest BCUT2D eigenvalue weighted by atomic mass is 19.1. The lowest BCUT2D eigenvalue weighted by Gasteiger charge is -2.15. The number of carbonyl (C=O) groups is 1. The van der Waals surface area contributed by atoms with Crippen molar-refractivity contribution in [3.63, 3.8) is 0 Å². The van der Waals surface area contributed by atoms with Gasteiger partial charge in [0.25, 0.3) is 0 Å². The average Bonchev–Trinajstić information content (AvgIpc) is 2.54. The van der Waals surface area contributed by atoms with Crippen molar-refractivity contribution in [1.29, 1.82) is 5.41 Å². The van der Waals surface area contributed by atoms with Gasteiger partial charge in [-0.15, -0.1) is 0 Å². The Kier molecular flexibility index (Phi) is 5.31. The van der Waals surface area contributed by atoms with Crippen LogP contribution in [0.4, 0.5) is 20.7 Å². The fourth-order valence-electron chi connectivity index (χ4n) is 2.05. The molecule has 0 fully saturated rings. The predicted octanol–water partition coefficient (Wildman–Crippen LogP) is 3.40. The molecule has 5 N–H and O–H groups in total. The van der Waals surface area contributed by atoms with E-state index in [1.165, 1.54) is 31.5 Å². The number of methoxy groups -OCH3 is 1. The fraction of sp³-hybridized carbons (Fsp3) is 0.188. The summed E-state index contributed by atoms with van der Waals surface area (Å²) in [7, 11) is 1.36. The van der Waals surface area contributed by atoms with Gasteiger partial charge >= 0.3 is 6.03 Å². The van der Waals surface area contributed by atoms with Crippen molar-refractivity contribution in [2.24, 2.45) is 0 Å². The number of nitrogens with one attached hydrogen (secondary N) is 3. The number of ether oxygens (including phenoxy) is 1. The monoisotopic (exact) mass is 337 g/mol. The lowest BCUT2D eigenvalue weighted by Crippen LogP contribution is -2.31. The maximum Gasteiger partial charge on any atom is 0.320 e. The lowest BCUT2D eigenvalue weighted by atomic mass is 10.1. The zero-order valence-electron chi connectivity index (χ0n) is 13.3. The number of benzene rings is 1. The van der Waals surface area contributed by atoms with E-state index in [0.717, 1.165) is 0 Å². The number of rotatable bonds is 4. The Morgan fingerprint density at radius 1 is 1.46 bits per heavy atom. The Bertz CT molecular complexity index is 779. The molecular formula is C16H24FN5O2. The number of hydrogen-bond donors (Lipinski definition) is 4. The van der Waals surface area contributed by atoms with E-state index in [1.807, 2.05) is 0 Å². The first kappa shape index (κ1) is 17.2. The molecule has 24 heavy (non-hydrogen) atoms. The van der Waals surface area contributed by atoms with Gasteiger partial charge in [0, 0.05) is 22.2 Å². The molecule has 0 radical (unpaired) electrons. The molecule has 8 heteroatoms. The van der Waals surface area contributed by atoms with Crippen LogP contribution in [-0.2, 0) is 4.74 Å². The summed E-state index contributed by atoms with van der Waals surface area (Å²) in [6.07, 6.45) is 1.34. The molecule has 2 rings (SSSR count). The Morgan fingerprint density at radius 2 is 2.21 bits per heavy atom. The van der Waals surface area contributed by atoms with E-state index in [-0.39, 0.29) is 33.5 Å². The van der Waals surface area contributed by atoms with E-state index in [2.05, 4.69) is 15.6 Å². The van der Waals surface area contributed by atoms with Crippen molar-refractivity contribution in [2.75, 3.05) is 18.2 Å². The summed E-state index contributed by atoms with van der Waals surface area (Å²) in [5.41, 5.74) is 7.03. The number of urea groups is 1. The van der Waals surface area contributed by atoms with E-state index in [9.17, 15) is 9.18 Å². The molecule has 0 saturated heterocycles. The predicted molar refractivity (Wildman–Crippen MR) is 95.8 cm³/mol. The van der Waals surface area contributed by atoms with Crippen LogP contribution >= 0.6 is 0 Å². The van der Waals surface area contributed by atoms with Crippen LogP contribution in [0.15, 0.2) is 36.5 Å². The molecule has 1 aromatic carbocycles. The molecule has 1 atom stereocenters.